The molecule has 0 aromatic rings. The van der Waals surface area contributed by atoms with E-state index >= 15 is 28.8 Å². The van der Waals surface area contributed by atoms with E-state index in [1.807, 2.05) is 13.8 Å². The molecule has 3 N–H and O–H groups in total. The van der Waals surface area contributed by atoms with Gasteiger partial charge < -0.3 is 64.8 Å². The van der Waals surface area contributed by atoms with Crippen LogP contribution in [0.2, 0.25) is 0 Å². The maximum atomic E-state index is 15.9. The molecule has 3 heterocycles. The van der Waals surface area contributed by atoms with Gasteiger partial charge in [-0.2, -0.15) is 13.2 Å². The Hall–Kier alpha value is -6.32. The summed E-state index contributed by atoms with van der Waals surface area (Å²) in [6.07, 6.45) is 9.60. The van der Waals surface area contributed by atoms with Crippen molar-refractivity contribution in [2.75, 3.05) is 95.2 Å². The predicted octanol–water partition coefficient (Wildman–Crippen LogP) is 6.01. The van der Waals surface area contributed by atoms with Crippen molar-refractivity contribution in [3.8, 4) is 0 Å². The fraction of sp³-hybridized carbons (Fsp3) is 0.838. The van der Waals surface area contributed by atoms with Crippen molar-refractivity contribution in [3.63, 3.8) is 0 Å². The Morgan fingerprint density at radius 1 is 0.563 bits per heavy atom. The van der Waals surface area contributed by atoms with E-state index in [9.17, 15) is 41.9 Å². The van der Waals surface area contributed by atoms with Crippen LogP contribution in [-0.2, 0) is 62.3 Å². The SMILES string of the molecule is CC(C)C[C@H]1C(=O)N[C@@H](COC2CCC2)C(=O)N(C)CC(=O)N(C)CC(=O)N(C)[C@@H](CC2CCCCC2)C(=O)N(C)CC(=O)N[C@@H](CCC2CCC(C(F)(F)F)C(Cl)C2)C(=O)N2CCC[C@H]2C(=O)NC2(CCCC2)C(=O)N(C)[C@@H](C2CCCCC2)C(=O)N(C)[C@H](C(=O)N2CCCCC2)CC(=O)N1C. The highest BCUT2D eigenvalue weighted by molar-refractivity contribution is 6.21. The molecule has 3 saturated heterocycles. The second-order valence-electron chi connectivity index (χ2n) is 31.8. The number of alkyl halides is 4. The van der Waals surface area contributed by atoms with E-state index in [2.05, 4.69) is 16.0 Å². The quantitative estimate of drug-likeness (QED) is 0.189. The zero-order valence-corrected chi connectivity index (χ0v) is 63.3. The molecule has 12 amide bonds. The fourth-order valence-electron chi connectivity index (χ4n) is 17.1. The third-order valence-corrected chi connectivity index (χ3v) is 24.3. The number of likely N-dealkylation sites (N-methyl/N-ethyl adjacent to an activating group) is 7. The van der Waals surface area contributed by atoms with Gasteiger partial charge in [0.05, 0.1) is 44.7 Å². The zero-order valence-electron chi connectivity index (χ0n) is 62.6. The number of nitrogens with zero attached hydrogens (tertiary/aromatic N) is 9. The number of hydrogen-bond donors (Lipinski definition) is 3. The van der Waals surface area contributed by atoms with E-state index in [1.54, 1.807) is 4.90 Å². The number of carbonyl (C=O) groups is 12. The molecule has 25 nitrogen and oxygen atoms in total. The van der Waals surface area contributed by atoms with Crippen molar-refractivity contribution in [3.05, 3.63) is 0 Å². The van der Waals surface area contributed by atoms with Crippen LogP contribution in [0, 0.1) is 29.6 Å². The molecule has 8 rings (SSSR count). The van der Waals surface area contributed by atoms with Gasteiger partial charge in [0.2, 0.25) is 70.9 Å². The Bertz CT molecular complexity index is 2990. The molecule has 0 bridgehead atoms. The molecule has 3 unspecified atom stereocenters. The number of halogens is 4. The molecule has 0 aromatic carbocycles. The maximum absolute atomic E-state index is 15.9. The Balaban J connectivity index is 1.16. The summed E-state index contributed by atoms with van der Waals surface area (Å²) in [5.74, 6) is -10.2. The summed E-state index contributed by atoms with van der Waals surface area (Å²) in [6.45, 7) is 2.62. The van der Waals surface area contributed by atoms with Gasteiger partial charge in [-0.3, -0.25) is 57.5 Å². The largest absolute Gasteiger partial charge is 0.393 e. The molecular formula is C74H118ClF3N12O13. The van der Waals surface area contributed by atoms with Gasteiger partial charge in [-0.1, -0.05) is 78.1 Å². The second-order valence-corrected chi connectivity index (χ2v) is 32.4. The summed E-state index contributed by atoms with van der Waals surface area (Å²) in [5.41, 5.74) is -1.55. The lowest BCUT2D eigenvalue weighted by Crippen LogP contribution is -2.65. The number of carbonyl (C=O) groups excluding carboxylic acids is 12. The lowest BCUT2D eigenvalue weighted by Gasteiger charge is -2.43. The predicted molar refractivity (Wildman–Crippen MR) is 379 cm³/mol. The maximum Gasteiger partial charge on any atom is 0.393 e. The standard InChI is InChI=1S/C74H118ClF3N12O13/c1-47(2)39-57-65(95)80-55(46-103-51-27-21-28-51)67(97)84(5)44-62(93)82(3)45-63(94)86(7)58(41-48-23-13-10-14-24-48)69(99)83(4)43-60(91)79-54(33-31-49-30-32-52(53(75)40-49)74(76,77)78)68(98)90-38-22-29-56(90)66(96)81-73(34-17-18-35-73)72(102)88(9)64(50-25-15-11-16-26-50)71(101)87(8)59(42-61(92)85(57)6)70(100)89-36-19-12-20-37-89/h47-59,64H,10-46H2,1-9H3,(H,79,91)(H,80,95)(H,81,96)/t49?,52?,53?,54-,55-,56-,57-,58-,59-,64-/m0/s1. The Labute approximate surface area is 612 Å². The molecule has 3 aliphatic heterocycles. The normalized spacial score (nSPS) is 30.1. The molecule has 0 radical (unpaired) electrons. The van der Waals surface area contributed by atoms with Crippen LogP contribution in [0.4, 0.5) is 13.2 Å². The van der Waals surface area contributed by atoms with Crippen LogP contribution >= 0.6 is 11.6 Å². The first-order valence-corrected chi connectivity index (χ1v) is 38.9. The summed E-state index contributed by atoms with van der Waals surface area (Å²) < 4.78 is 48.3. The van der Waals surface area contributed by atoms with Crippen LogP contribution in [0.1, 0.15) is 206 Å². The van der Waals surface area contributed by atoms with Crippen LogP contribution in [-0.4, -0.2) is 276 Å². The highest BCUT2D eigenvalue weighted by atomic mass is 35.5. The van der Waals surface area contributed by atoms with Gasteiger partial charge in [0.25, 0.3) is 0 Å². The minimum Gasteiger partial charge on any atom is -0.376 e. The molecule has 1 spiro atoms. The molecule has 29 heteroatoms. The monoisotopic (exact) mass is 1470 g/mol. The van der Waals surface area contributed by atoms with Crippen molar-refractivity contribution in [2.24, 2.45) is 29.6 Å². The second kappa shape index (κ2) is 37.3. The topological polar surface area (TPSA) is 279 Å². The Morgan fingerprint density at radius 2 is 1.17 bits per heavy atom. The number of hydrogen-bond acceptors (Lipinski definition) is 13. The minimum atomic E-state index is -4.51. The number of fused-ring (bicyclic) bond motifs is 1. The summed E-state index contributed by atoms with van der Waals surface area (Å²) in [6, 6.07) is -8.75. The first-order chi connectivity index (χ1) is 48.8. The van der Waals surface area contributed by atoms with E-state index < -0.39 is 168 Å². The summed E-state index contributed by atoms with van der Waals surface area (Å²) >= 11 is 6.42. The number of ether oxygens (including phenoxy) is 1. The van der Waals surface area contributed by atoms with E-state index in [0.29, 0.717) is 58.0 Å². The fourth-order valence-corrected chi connectivity index (χ4v) is 17.7. The van der Waals surface area contributed by atoms with Crippen molar-refractivity contribution < 1.29 is 75.4 Å². The van der Waals surface area contributed by atoms with Crippen molar-refractivity contribution in [1.82, 2.24) is 60.0 Å². The first-order valence-electron chi connectivity index (χ1n) is 38.4. The van der Waals surface area contributed by atoms with Crippen LogP contribution in [0.25, 0.3) is 0 Å². The molecule has 0 aromatic heterocycles. The first kappa shape index (κ1) is 82.3. The van der Waals surface area contributed by atoms with Crippen LogP contribution in [0.15, 0.2) is 0 Å². The van der Waals surface area contributed by atoms with Gasteiger partial charge in [0.1, 0.15) is 47.8 Å². The third-order valence-electron chi connectivity index (χ3n) is 23.8. The Morgan fingerprint density at radius 3 is 1.79 bits per heavy atom. The number of likely N-dealkylation sites (tertiary alicyclic amines) is 1. The van der Waals surface area contributed by atoms with Crippen molar-refractivity contribution in [1.29, 1.82) is 0 Å². The number of piperidine rings is 1. The van der Waals surface area contributed by atoms with Crippen molar-refractivity contribution in [2.45, 2.75) is 272 Å². The number of amides is 12. The third kappa shape index (κ3) is 21.3. The lowest BCUT2D eigenvalue weighted by molar-refractivity contribution is -0.182. The average molecular weight is 1480 g/mol. The van der Waals surface area contributed by atoms with Gasteiger partial charge in [-0.25, -0.2) is 0 Å². The number of rotatable bonds is 12. The molecule has 5 saturated carbocycles. The highest BCUT2D eigenvalue weighted by Crippen LogP contribution is 2.44. The minimum absolute atomic E-state index is 0.000897. The zero-order chi connectivity index (χ0) is 75.2. The lowest BCUT2D eigenvalue weighted by atomic mass is 9.78. The smallest absolute Gasteiger partial charge is 0.376 e. The van der Waals surface area contributed by atoms with Crippen LogP contribution < -0.4 is 16.0 Å². The molecule has 580 valence electrons. The summed E-state index contributed by atoms with van der Waals surface area (Å²) in [5, 5.41) is 7.58. The van der Waals surface area contributed by atoms with Gasteiger partial charge in [-0.15, -0.1) is 11.6 Å². The van der Waals surface area contributed by atoms with Crippen LogP contribution in [0.5, 0.6) is 0 Å². The molecular weight excluding hydrogens is 1360 g/mol. The molecule has 8 fully saturated rings. The summed E-state index contributed by atoms with van der Waals surface area (Å²) in [7, 11) is 10.1. The van der Waals surface area contributed by atoms with Gasteiger partial charge in [0, 0.05) is 74.3 Å². The van der Waals surface area contributed by atoms with E-state index in [-0.39, 0.29) is 101 Å². The van der Waals surface area contributed by atoms with Crippen molar-refractivity contribution >= 4 is 82.5 Å². The van der Waals surface area contributed by atoms with E-state index in [4.69, 9.17) is 16.3 Å². The van der Waals surface area contributed by atoms with Gasteiger partial charge in [-0.05, 0) is 146 Å². The highest BCUT2D eigenvalue weighted by Gasteiger charge is 2.52. The molecule has 10 atom stereocenters. The van der Waals surface area contributed by atoms with Gasteiger partial charge >= 0.3 is 6.18 Å². The molecule has 103 heavy (non-hydrogen) atoms. The molecule has 8 aliphatic rings. The Kier molecular flexibility index (Phi) is 29.8. The van der Waals surface area contributed by atoms with E-state index in [1.165, 1.54) is 73.8 Å². The van der Waals surface area contributed by atoms with Gasteiger partial charge in [0.15, 0.2) is 0 Å². The average Bonchev–Trinajstić information content (AvgIpc) is 1.71. The molecule has 5 aliphatic carbocycles. The number of nitrogens with one attached hydrogen (secondary N) is 3. The van der Waals surface area contributed by atoms with E-state index in [0.717, 1.165) is 91.7 Å². The van der Waals surface area contributed by atoms with Crippen LogP contribution in [0.3, 0.4) is 0 Å². The summed E-state index contributed by atoms with van der Waals surface area (Å²) in [4.78, 5) is 192.